The van der Waals surface area contributed by atoms with Gasteiger partial charge in [-0.3, -0.25) is 4.79 Å². The minimum absolute atomic E-state index is 0.142. The van der Waals surface area contributed by atoms with E-state index in [1.54, 1.807) is 19.1 Å². The summed E-state index contributed by atoms with van der Waals surface area (Å²) in [5.74, 6) is -0.00521. The lowest BCUT2D eigenvalue weighted by molar-refractivity contribution is -0.121. The summed E-state index contributed by atoms with van der Waals surface area (Å²) in [5.41, 5.74) is 0.882. The van der Waals surface area contributed by atoms with E-state index >= 15 is 0 Å². The van der Waals surface area contributed by atoms with Gasteiger partial charge in [0.25, 0.3) is 0 Å². The van der Waals surface area contributed by atoms with E-state index in [1.165, 1.54) is 6.07 Å². The topological polar surface area (TPSA) is 17.1 Å². The van der Waals surface area contributed by atoms with Gasteiger partial charge in [-0.2, -0.15) is 0 Å². The first-order chi connectivity index (χ1) is 7.03. The van der Waals surface area contributed by atoms with Crippen molar-refractivity contribution in [3.8, 4) is 0 Å². The van der Waals surface area contributed by atoms with E-state index in [4.69, 9.17) is 0 Å². The first-order valence-corrected chi connectivity index (χ1v) is 5.78. The van der Waals surface area contributed by atoms with Crippen LogP contribution in [0.4, 0.5) is 4.39 Å². The molecular weight excluding hydrogens is 259 g/mol. The van der Waals surface area contributed by atoms with Crippen molar-refractivity contribution in [3.63, 3.8) is 0 Å². The maximum atomic E-state index is 13.0. The molecular formula is C12H12BrFO. The molecule has 0 atom stereocenters. The van der Waals surface area contributed by atoms with Gasteiger partial charge in [-0.1, -0.05) is 6.07 Å². The van der Waals surface area contributed by atoms with Crippen LogP contribution in [0.15, 0.2) is 22.7 Å². The van der Waals surface area contributed by atoms with Gasteiger partial charge >= 0.3 is 0 Å². The second kappa shape index (κ2) is 3.71. The highest BCUT2D eigenvalue weighted by Gasteiger charge is 2.46. The van der Waals surface area contributed by atoms with E-state index in [2.05, 4.69) is 15.9 Å². The molecule has 1 nitrogen and oxygen atoms in total. The highest BCUT2D eigenvalue weighted by Crippen LogP contribution is 2.49. The first kappa shape index (κ1) is 10.8. The molecule has 3 heteroatoms. The number of benzene rings is 1. The summed E-state index contributed by atoms with van der Waals surface area (Å²) in [4.78, 5) is 11.4. The zero-order valence-electron chi connectivity index (χ0n) is 8.52. The van der Waals surface area contributed by atoms with Crippen molar-refractivity contribution < 1.29 is 9.18 Å². The second-order valence-electron chi connectivity index (χ2n) is 4.26. The molecule has 80 valence electrons. The Bertz CT molecular complexity index is 410. The molecule has 1 aliphatic carbocycles. The number of halogens is 2. The van der Waals surface area contributed by atoms with Gasteiger partial charge in [-0.05, 0) is 59.8 Å². The molecule has 0 bridgehead atoms. The fourth-order valence-corrected chi connectivity index (χ4v) is 2.27. The van der Waals surface area contributed by atoms with E-state index in [9.17, 15) is 9.18 Å². The Hall–Kier alpha value is -0.700. The fraction of sp³-hybridized carbons (Fsp3) is 0.417. The molecule has 1 aromatic rings. The van der Waals surface area contributed by atoms with Gasteiger partial charge in [0.05, 0.1) is 4.47 Å². The summed E-state index contributed by atoms with van der Waals surface area (Å²) in [6, 6.07) is 4.96. The smallest absolute Gasteiger partial charge is 0.137 e. The van der Waals surface area contributed by atoms with Crippen molar-refractivity contribution in [1.82, 2.24) is 0 Å². The van der Waals surface area contributed by atoms with Crippen LogP contribution in [0.3, 0.4) is 0 Å². The molecule has 0 N–H and O–H groups in total. The van der Waals surface area contributed by atoms with Crippen LogP contribution in [0.25, 0.3) is 0 Å². The summed E-state index contributed by atoms with van der Waals surface area (Å²) in [6.07, 6.45) is 2.68. The molecule has 0 heterocycles. The van der Waals surface area contributed by atoms with Crippen LogP contribution in [0, 0.1) is 11.2 Å². The first-order valence-electron chi connectivity index (χ1n) is 4.98. The summed E-state index contributed by atoms with van der Waals surface area (Å²) < 4.78 is 13.5. The normalized spacial score (nSPS) is 17.5. The number of ketones is 1. The summed E-state index contributed by atoms with van der Waals surface area (Å²) in [6.45, 7) is 1.64. The molecule has 1 saturated carbocycles. The van der Waals surface area contributed by atoms with E-state index < -0.39 is 0 Å². The molecule has 0 unspecified atom stereocenters. The molecule has 0 aromatic heterocycles. The molecule has 2 rings (SSSR count). The van der Waals surface area contributed by atoms with Gasteiger partial charge in [0.2, 0.25) is 0 Å². The molecule has 0 radical (unpaired) electrons. The average Bonchev–Trinajstić information content (AvgIpc) is 2.93. The maximum Gasteiger partial charge on any atom is 0.137 e. The summed E-state index contributed by atoms with van der Waals surface area (Å²) in [5, 5.41) is 0. The molecule has 1 fully saturated rings. The Kier molecular flexibility index (Phi) is 2.67. The third-order valence-electron chi connectivity index (χ3n) is 3.13. The van der Waals surface area contributed by atoms with Crippen LogP contribution in [0.5, 0.6) is 0 Å². The molecule has 0 saturated heterocycles. The van der Waals surface area contributed by atoms with Gasteiger partial charge in [0.1, 0.15) is 11.6 Å². The minimum atomic E-state index is -0.258. The van der Waals surface area contributed by atoms with Crippen LogP contribution >= 0.6 is 15.9 Å². The standard InChI is InChI=1S/C12H12BrFO/c1-8(15)12(4-5-12)7-9-2-3-11(14)10(13)6-9/h2-3,6H,4-5,7H2,1H3. The zero-order valence-corrected chi connectivity index (χ0v) is 10.1. The number of carbonyl (C=O) groups excluding carboxylic acids is 1. The van der Waals surface area contributed by atoms with Gasteiger partial charge in [0, 0.05) is 5.41 Å². The molecule has 15 heavy (non-hydrogen) atoms. The predicted octanol–water partition coefficient (Wildman–Crippen LogP) is 3.50. The van der Waals surface area contributed by atoms with E-state index in [-0.39, 0.29) is 17.0 Å². The zero-order chi connectivity index (χ0) is 11.1. The maximum absolute atomic E-state index is 13.0. The van der Waals surface area contributed by atoms with E-state index in [0.29, 0.717) is 4.47 Å². The summed E-state index contributed by atoms with van der Waals surface area (Å²) >= 11 is 3.15. The lowest BCUT2D eigenvalue weighted by atomic mass is 9.93. The monoisotopic (exact) mass is 270 g/mol. The lowest BCUT2D eigenvalue weighted by Gasteiger charge is -2.11. The Morgan fingerprint density at radius 3 is 2.67 bits per heavy atom. The second-order valence-corrected chi connectivity index (χ2v) is 5.12. The Labute approximate surface area is 96.8 Å². The number of rotatable bonds is 3. The predicted molar refractivity (Wildman–Crippen MR) is 60.2 cm³/mol. The number of hydrogen-bond donors (Lipinski definition) is 0. The van der Waals surface area contributed by atoms with Gasteiger partial charge < -0.3 is 0 Å². The Morgan fingerprint density at radius 1 is 1.53 bits per heavy atom. The quantitative estimate of drug-likeness (QED) is 0.822. The van der Waals surface area contributed by atoms with Crippen molar-refractivity contribution >= 4 is 21.7 Å². The SMILES string of the molecule is CC(=O)C1(Cc2ccc(F)c(Br)c2)CC1. The van der Waals surface area contributed by atoms with E-state index in [1.807, 2.05) is 0 Å². The highest BCUT2D eigenvalue weighted by molar-refractivity contribution is 9.10. The number of carbonyl (C=O) groups is 1. The molecule has 0 amide bonds. The Morgan fingerprint density at radius 2 is 2.20 bits per heavy atom. The lowest BCUT2D eigenvalue weighted by Crippen LogP contribution is -2.14. The molecule has 1 aromatic carbocycles. The third-order valence-corrected chi connectivity index (χ3v) is 3.73. The molecule has 1 aliphatic rings. The van der Waals surface area contributed by atoms with Gasteiger partial charge in [-0.15, -0.1) is 0 Å². The Balaban J connectivity index is 2.18. The fourth-order valence-electron chi connectivity index (χ4n) is 1.84. The van der Waals surface area contributed by atoms with Crippen LogP contribution in [-0.4, -0.2) is 5.78 Å². The van der Waals surface area contributed by atoms with E-state index in [0.717, 1.165) is 24.8 Å². The molecule has 0 spiro atoms. The van der Waals surface area contributed by atoms with Crippen LogP contribution < -0.4 is 0 Å². The van der Waals surface area contributed by atoms with Crippen LogP contribution in [0.2, 0.25) is 0 Å². The highest BCUT2D eigenvalue weighted by atomic mass is 79.9. The number of hydrogen-bond acceptors (Lipinski definition) is 1. The van der Waals surface area contributed by atoms with Crippen LogP contribution in [0.1, 0.15) is 25.3 Å². The van der Waals surface area contributed by atoms with Crippen LogP contribution in [-0.2, 0) is 11.2 Å². The van der Waals surface area contributed by atoms with Crippen molar-refractivity contribution in [1.29, 1.82) is 0 Å². The van der Waals surface area contributed by atoms with Crippen molar-refractivity contribution in [2.75, 3.05) is 0 Å². The van der Waals surface area contributed by atoms with Gasteiger partial charge in [0.15, 0.2) is 0 Å². The average molecular weight is 271 g/mol. The van der Waals surface area contributed by atoms with Crippen molar-refractivity contribution in [2.45, 2.75) is 26.2 Å². The summed E-state index contributed by atoms with van der Waals surface area (Å²) in [7, 11) is 0. The third kappa shape index (κ3) is 2.12. The van der Waals surface area contributed by atoms with Crippen molar-refractivity contribution in [3.05, 3.63) is 34.1 Å². The number of Topliss-reactive ketones (excluding diaryl/α,β-unsaturated/α-hetero) is 1. The molecule has 0 aliphatic heterocycles. The minimum Gasteiger partial charge on any atom is -0.299 e. The van der Waals surface area contributed by atoms with Crippen molar-refractivity contribution in [2.24, 2.45) is 5.41 Å². The largest absolute Gasteiger partial charge is 0.299 e. The van der Waals surface area contributed by atoms with Gasteiger partial charge in [-0.25, -0.2) is 4.39 Å².